The molecule has 0 unspecified atom stereocenters. The summed E-state index contributed by atoms with van der Waals surface area (Å²) >= 11 is 1.41. The highest BCUT2D eigenvalue weighted by molar-refractivity contribution is 7.12. The molecule has 4 heterocycles. The molecule has 3 fully saturated rings. The van der Waals surface area contributed by atoms with Gasteiger partial charge in [-0.05, 0) is 43.9 Å². The normalized spacial score (nSPS) is 19.8. The van der Waals surface area contributed by atoms with Gasteiger partial charge in [0.15, 0.2) is 5.65 Å². The van der Waals surface area contributed by atoms with Gasteiger partial charge in [-0.25, -0.2) is 9.50 Å². The second-order valence-electron chi connectivity index (χ2n) is 9.16. The number of aromatic nitrogens is 3. The molecule has 0 radical (unpaired) electrons. The molecule has 3 N–H and O–H groups in total. The summed E-state index contributed by atoms with van der Waals surface area (Å²) in [4.78, 5) is 41.5. The van der Waals surface area contributed by atoms with E-state index in [1.54, 1.807) is 16.8 Å². The average Bonchev–Trinajstić information content (AvgIpc) is 3.24. The maximum atomic E-state index is 12.7. The Morgan fingerprint density at radius 2 is 1.97 bits per heavy atom. The van der Waals surface area contributed by atoms with Crippen LogP contribution in [-0.2, 0) is 9.59 Å². The van der Waals surface area contributed by atoms with Crippen molar-refractivity contribution in [2.75, 3.05) is 5.32 Å². The van der Waals surface area contributed by atoms with E-state index in [0.717, 1.165) is 36.9 Å². The molecule has 0 spiro atoms. The van der Waals surface area contributed by atoms with E-state index in [0.29, 0.717) is 33.5 Å². The van der Waals surface area contributed by atoms with Crippen LogP contribution in [-0.4, -0.2) is 44.4 Å². The van der Waals surface area contributed by atoms with E-state index in [-0.39, 0.29) is 30.2 Å². The number of fused-ring (bicyclic) bond motifs is 1. The van der Waals surface area contributed by atoms with Crippen LogP contribution in [0.15, 0.2) is 29.3 Å². The lowest BCUT2D eigenvalue weighted by Crippen LogP contribution is -2.31. The summed E-state index contributed by atoms with van der Waals surface area (Å²) in [7, 11) is 0. The molecule has 3 amide bonds. The van der Waals surface area contributed by atoms with Crippen LogP contribution >= 0.6 is 11.3 Å². The summed E-state index contributed by atoms with van der Waals surface area (Å²) in [6, 6.07) is 4.51. The number of imide groups is 1. The van der Waals surface area contributed by atoms with Gasteiger partial charge in [0.2, 0.25) is 5.91 Å². The number of imidazole rings is 1. The number of carbonyl (C=O) groups is 3. The number of nitrogens with zero attached hydrogens (tertiary/aromatic N) is 3. The predicted molar refractivity (Wildman–Crippen MR) is 128 cm³/mol. The largest absolute Gasteiger partial charge is 0.379 e. The zero-order chi connectivity index (χ0) is 23.2. The molecular formula is C24H24N6O3S. The van der Waals surface area contributed by atoms with Gasteiger partial charge in [0.1, 0.15) is 0 Å². The third-order valence-corrected chi connectivity index (χ3v) is 7.39. The number of nitrogens with one attached hydrogen (secondary N) is 3. The van der Waals surface area contributed by atoms with Crippen molar-refractivity contribution in [1.82, 2.24) is 25.2 Å². The number of hydrogen-bond donors (Lipinski definition) is 3. The van der Waals surface area contributed by atoms with E-state index in [9.17, 15) is 14.4 Å². The third-order valence-electron chi connectivity index (χ3n) is 6.46. The van der Waals surface area contributed by atoms with E-state index in [2.05, 4.69) is 20.9 Å². The summed E-state index contributed by atoms with van der Waals surface area (Å²) in [5, 5.41) is 15.7. The predicted octanol–water partition coefficient (Wildman–Crippen LogP) is 3.13. The van der Waals surface area contributed by atoms with Crippen LogP contribution in [0.1, 0.15) is 60.3 Å². The fourth-order valence-electron chi connectivity index (χ4n) is 4.49. The first-order chi connectivity index (χ1) is 16.5. The molecule has 0 atom stereocenters. The van der Waals surface area contributed by atoms with Crippen LogP contribution in [0.4, 0.5) is 5.69 Å². The highest BCUT2D eigenvalue weighted by atomic mass is 32.1. The maximum Gasteiger partial charge on any atom is 0.261 e. The van der Waals surface area contributed by atoms with Gasteiger partial charge >= 0.3 is 0 Å². The van der Waals surface area contributed by atoms with E-state index in [1.165, 1.54) is 24.2 Å². The number of hydrogen-bond acceptors (Lipinski definition) is 7. The number of rotatable bonds is 6. The van der Waals surface area contributed by atoms with Gasteiger partial charge in [-0.15, -0.1) is 11.3 Å². The molecule has 1 saturated heterocycles. The van der Waals surface area contributed by atoms with Gasteiger partial charge in [-0.3, -0.25) is 19.7 Å². The Morgan fingerprint density at radius 1 is 1.15 bits per heavy atom. The van der Waals surface area contributed by atoms with E-state index in [4.69, 9.17) is 5.10 Å². The Kier molecular flexibility index (Phi) is 5.17. The first-order valence-corrected chi connectivity index (χ1v) is 12.5. The third kappa shape index (κ3) is 4.09. The number of thiophene rings is 1. The van der Waals surface area contributed by atoms with Gasteiger partial charge < -0.3 is 10.6 Å². The number of anilines is 1. The molecule has 6 rings (SSSR count). The summed E-state index contributed by atoms with van der Waals surface area (Å²) < 4.78 is 1.69. The lowest BCUT2D eigenvalue weighted by Gasteiger charge is -2.10. The second-order valence-corrected chi connectivity index (χ2v) is 10.1. The molecule has 2 saturated carbocycles. The molecule has 9 nitrogen and oxygen atoms in total. The quantitative estimate of drug-likeness (QED) is 0.372. The molecule has 174 valence electrons. The van der Waals surface area contributed by atoms with Gasteiger partial charge in [0.05, 0.1) is 34.6 Å². The van der Waals surface area contributed by atoms with E-state index >= 15 is 0 Å². The zero-order valence-corrected chi connectivity index (χ0v) is 19.3. The van der Waals surface area contributed by atoms with Crippen LogP contribution in [0.3, 0.4) is 0 Å². The molecule has 3 aliphatic rings. The Morgan fingerprint density at radius 3 is 2.71 bits per heavy atom. The van der Waals surface area contributed by atoms with Gasteiger partial charge in [-0.2, -0.15) is 5.10 Å². The van der Waals surface area contributed by atoms with Crippen molar-refractivity contribution in [2.24, 2.45) is 0 Å². The molecule has 0 aromatic carbocycles. The Labute approximate surface area is 199 Å². The van der Waals surface area contributed by atoms with Crippen molar-refractivity contribution >= 4 is 46.5 Å². The molecule has 10 heteroatoms. The van der Waals surface area contributed by atoms with Crippen LogP contribution in [0.5, 0.6) is 0 Å². The molecule has 1 aliphatic heterocycles. The summed E-state index contributed by atoms with van der Waals surface area (Å²) in [5.41, 5.74) is 4.07. The Balaban J connectivity index is 1.36. The molecule has 3 aromatic rings. The summed E-state index contributed by atoms with van der Waals surface area (Å²) in [5.74, 6) is -0.731. The van der Waals surface area contributed by atoms with Crippen molar-refractivity contribution in [3.8, 4) is 11.3 Å². The van der Waals surface area contributed by atoms with Crippen molar-refractivity contribution in [1.29, 1.82) is 0 Å². The van der Waals surface area contributed by atoms with Crippen molar-refractivity contribution < 1.29 is 14.4 Å². The SMILES string of the molecule is O=C1C/C(=C\c2cnc3c(NC4CC4)cc(-c4csc(C(=O)NC5CCCC5)c4)nn23)C(=O)N1. The minimum absolute atomic E-state index is 0.0366. The van der Waals surface area contributed by atoms with E-state index in [1.807, 2.05) is 17.5 Å². The maximum absolute atomic E-state index is 12.7. The average molecular weight is 477 g/mol. The standard InChI is InChI=1S/C24H24N6O3S/c31-21-9-13(23(32)28-21)7-17-11-25-22-19(26-16-5-6-16)10-18(29-30(17)22)14-8-20(34-12-14)24(33)27-15-3-1-2-4-15/h7-8,10-12,15-16,26H,1-6,9H2,(H,27,33)(H,28,31,32)/b13-7+. The van der Waals surface area contributed by atoms with E-state index < -0.39 is 0 Å². The second kappa shape index (κ2) is 8.35. The first kappa shape index (κ1) is 21.0. The highest BCUT2D eigenvalue weighted by Gasteiger charge is 2.26. The molecule has 3 aromatic heterocycles. The minimum atomic E-state index is -0.386. The smallest absolute Gasteiger partial charge is 0.261 e. The Hall–Kier alpha value is -3.53. The van der Waals surface area contributed by atoms with Gasteiger partial charge in [-0.1, -0.05) is 12.8 Å². The summed E-state index contributed by atoms with van der Waals surface area (Å²) in [6.07, 6.45) is 9.99. The summed E-state index contributed by atoms with van der Waals surface area (Å²) in [6.45, 7) is 0. The molecular weight excluding hydrogens is 452 g/mol. The van der Waals surface area contributed by atoms with Gasteiger partial charge in [0, 0.05) is 28.6 Å². The number of amides is 3. The molecule has 0 bridgehead atoms. The van der Waals surface area contributed by atoms with Crippen LogP contribution in [0.2, 0.25) is 0 Å². The monoisotopic (exact) mass is 476 g/mol. The van der Waals surface area contributed by atoms with Crippen molar-refractivity contribution in [2.45, 2.75) is 57.0 Å². The first-order valence-electron chi connectivity index (χ1n) is 11.6. The highest BCUT2D eigenvalue weighted by Crippen LogP contribution is 2.32. The number of carbonyl (C=O) groups excluding carboxylic acids is 3. The van der Waals surface area contributed by atoms with Crippen molar-refractivity contribution in [3.05, 3.63) is 39.9 Å². The molecule has 2 aliphatic carbocycles. The zero-order valence-electron chi connectivity index (χ0n) is 18.5. The minimum Gasteiger partial charge on any atom is -0.379 e. The lowest BCUT2D eigenvalue weighted by atomic mass is 10.2. The van der Waals surface area contributed by atoms with Crippen LogP contribution in [0.25, 0.3) is 23.0 Å². The van der Waals surface area contributed by atoms with Crippen LogP contribution < -0.4 is 16.0 Å². The Bertz CT molecular complexity index is 1350. The van der Waals surface area contributed by atoms with Gasteiger partial charge in [0.25, 0.3) is 11.8 Å². The fourth-order valence-corrected chi connectivity index (χ4v) is 5.30. The van der Waals surface area contributed by atoms with Crippen molar-refractivity contribution in [3.63, 3.8) is 0 Å². The lowest BCUT2D eigenvalue weighted by molar-refractivity contribution is -0.124. The fraction of sp³-hybridized carbons (Fsp3) is 0.375. The molecule has 34 heavy (non-hydrogen) atoms. The topological polar surface area (TPSA) is 117 Å². The van der Waals surface area contributed by atoms with Crippen LogP contribution in [0, 0.1) is 0 Å².